The number of primary amides is 1. The van der Waals surface area contributed by atoms with E-state index >= 15 is 0 Å². The van der Waals surface area contributed by atoms with E-state index in [1.807, 2.05) is 48.6 Å². The molecule has 0 radical (unpaired) electrons. The Kier molecular flexibility index (Phi) is 6.31. The number of ether oxygens (including phenoxy) is 2. The molecule has 26 heavy (non-hydrogen) atoms. The van der Waals surface area contributed by atoms with E-state index in [1.54, 1.807) is 6.08 Å². The van der Waals surface area contributed by atoms with Crippen LogP contribution >= 0.6 is 0 Å². The second kappa shape index (κ2) is 9.09. The third kappa shape index (κ3) is 5.66. The molecule has 1 aliphatic heterocycles. The highest BCUT2D eigenvalue weighted by Crippen LogP contribution is 2.23. The van der Waals surface area contributed by atoms with Crippen LogP contribution in [0.4, 0.5) is 0 Å². The van der Waals surface area contributed by atoms with Crippen LogP contribution in [0.25, 0.3) is 0 Å². The summed E-state index contributed by atoms with van der Waals surface area (Å²) >= 11 is 0. The van der Waals surface area contributed by atoms with Crippen molar-refractivity contribution in [3.05, 3.63) is 66.1 Å². The molecule has 1 aromatic rings. The van der Waals surface area contributed by atoms with Gasteiger partial charge in [0, 0.05) is 25.6 Å². The van der Waals surface area contributed by atoms with Crippen LogP contribution < -0.4 is 15.2 Å². The topological polar surface area (TPSA) is 64.8 Å². The van der Waals surface area contributed by atoms with Gasteiger partial charge in [-0.15, -0.1) is 5.73 Å². The van der Waals surface area contributed by atoms with Gasteiger partial charge in [0.15, 0.2) is 0 Å². The fourth-order valence-electron chi connectivity index (χ4n) is 2.99. The molecule has 0 aromatic heterocycles. The van der Waals surface area contributed by atoms with Gasteiger partial charge in [-0.3, -0.25) is 9.69 Å². The third-order valence-corrected chi connectivity index (χ3v) is 4.28. The lowest BCUT2D eigenvalue weighted by atomic mass is 10.3. The summed E-state index contributed by atoms with van der Waals surface area (Å²) in [5.41, 5.74) is 8.20. The smallest absolute Gasteiger partial charge is 0.217 e. The van der Waals surface area contributed by atoms with Crippen LogP contribution in [-0.4, -0.2) is 36.5 Å². The molecule has 2 aliphatic rings. The minimum absolute atomic E-state index is 0.179. The van der Waals surface area contributed by atoms with Gasteiger partial charge in [-0.05, 0) is 55.8 Å². The Hall–Kier alpha value is -2.75. The van der Waals surface area contributed by atoms with E-state index in [9.17, 15) is 4.79 Å². The van der Waals surface area contributed by atoms with Crippen molar-refractivity contribution >= 4 is 5.91 Å². The summed E-state index contributed by atoms with van der Waals surface area (Å²) in [6, 6.07) is 7.67. The number of carbonyl (C=O) groups excluding carboxylic acids is 1. The fourth-order valence-corrected chi connectivity index (χ4v) is 2.99. The molecule has 0 bridgehead atoms. The second-order valence-electron chi connectivity index (χ2n) is 6.40. The Morgan fingerprint density at radius 3 is 2.85 bits per heavy atom. The van der Waals surface area contributed by atoms with E-state index in [0.29, 0.717) is 6.42 Å². The number of nitrogens with zero attached hydrogens (tertiary/aromatic N) is 1. The first-order valence-electron chi connectivity index (χ1n) is 8.94. The van der Waals surface area contributed by atoms with Gasteiger partial charge in [-0.25, -0.2) is 0 Å². The molecule has 136 valence electrons. The molecule has 1 aromatic carbocycles. The van der Waals surface area contributed by atoms with Crippen LogP contribution in [0.15, 0.2) is 66.1 Å². The van der Waals surface area contributed by atoms with Gasteiger partial charge >= 0.3 is 0 Å². The zero-order chi connectivity index (χ0) is 18.2. The number of benzene rings is 1. The molecular formula is C21H24N2O3. The lowest BCUT2D eigenvalue weighted by Crippen LogP contribution is -2.26. The molecule has 1 amide bonds. The van der Waals surface area contributed by atoms with Crippen molar-refractivity contribution in [1.29, 1.82) is 0 Å². The van der Waals surface area contributed by atoms with Crippen molar-refractivity contribution in [2.24, 2.45) is 5.73 Å². The van der Waals surface area contributed by atoms with Crippen molar-refractivity contribution in [3.8, 4) is 11.5 Å². The maximum absolute atomic E-state index is 10.8. The van der Waals surface area contributed by atoms with Gasteiger partial charge in [0.1, 0.15) is 23.4 Å². The Morgan fingerprint density at radius 1 is 1.23 bits per heavy atom. The zero-order valence-electron chi connectivity index (χ0n) is 14.8. The first-order valence-corrected chi connectivity index (χ1v) is 8.94. The summed E-state index contributed by atoms with van der Waals surface area (Å²) < 4.78 is 11.9. The van der Waals surface area contributed by atoms with Crippen LogP contribution in [0.3, 0.4) is 0 Å². The van der Waals surface area contributed by atoms with Gasteiger partial charge in [-0.1, -0.05) is 12.2 Å². The quantitative estimate of drug-likeness (QED) is 0.731. The van der Waals surface area contributed by atoms with Crippen molar-refractivity contribution in [1.82, 2.24) is 4.90 Å². The number of amides is 1. The van der Waals surface area contributed by atoms with E-state index in [1.165, 1.54) is 0 Å². The van der Waals surface area contributed by atoms with E-state index in [4.69, 9.17) is 15.2 Å². The number of likely N-dealkylation sites (tertiary alicyclic amines) is 1. The Balaban J connectivity index is 1.46. The molecule has 1 aliphatic carbocycles. The first kappa shape index (κ1) is 18.1. The molecule has 5 nitrogen and oxygen atoms in total. The van der Waals surface area contributed by atoms with Crippen LogP contribution in [0.2, 0.25) is 0 Å². The zero-order valence-corrected chi connectivity index (χ0v) is 14.8. The lowest BCUT2D eigenvalue weighted by molar-refractivity contribution is -0.118. The normalized spacial score (nSPS) is 19.2. The third-order valence-electron chi connectivity index (χ3n) is 4.28. The molecule has 3 rings (SSSR count). The molecule has 0 saturated carbocycles. The number of carbonyl (C=O) groups is 1. The summed E-state index contributed by atoms with van der Waals surface area (Å²) in [6.45, 7) is 2.76. The highest BCUT2D eigenvalue weighted by molar-refractivity contribution is 5.73. The van der Waals surface area contributed by atoms with E-state index in [2.05, 4.69) is 10.6 Å². The van der Waals surface area contributed by atoms with Crippen LogP contribution in [-0.2, 0) is 4.79 Å². The number of nitrogens with two attached hydrogens (primary N) is 1. The molecule has 1 saturated heterocycles. The standard InChI is InChI=1S/C21H24N2O3/c22-21(24)8-5-14-23-15-13-20(16-23)26-19-11-9-18(10-12-19)25-17-6-3-1-2-4-7-17/h1-3,6-7,9-12,20H,5,8,13-16H2,(H2,22,24)/t20-/m1/s1. The average molecular weight is 352 g/mol. The lowest BCUT2D eigenvalue weighted by Gasteiger charge is -2.16. The Morgan fingerprint density at radius 2 is 2.04 bits per heavy atom. The molecular weight excluding hydrogens is 328 g/mol. The predicted octanol–water partition coefficient (Wildman–Crippen LogP) is 2.95. The number of rotatable bonds is 8. The molecule has 0 spiro atoms. The number of hydrogen-bond donors (Lipinski definition) is 1. The highest BCUT2D eigenvalue weighted by Gasteiger charge is 2.23. The molecule has 1 fully saturated rings. The fraction of sp³-hybridized carbons (Fsp3) is 0.333. The SMILES string of the molecule is NC(=O)CCCN1CC[C@@H](Oc2ccc(OC3=CC=CC=C=C3)cc2)C1. The van der Waals surface area contributed by atoms with Crippen molar-refractivity contribution < 1.29 is 14.3 Å². The van der Waals surface area contributed by atoms with Gasteiger partial charge in [0.2, 0.25) is 5.91 Å². The second-order valence-corrected chi connectivity index (χ2v) is 6.40. The van der Waals surface area contributed by atoms with Crippen LogP contribution in [0.5, 0.6) is 11.5 Å². The molecule has 1 atom stereocenters. The van der Waals surface area contributed by atoms with Crippen molar-refractivity contribution in [2.45, 2.75) is 25.4 Å². The molecule has 1 heterocycles. The van der Waals surface area contributed by atoms with Gasteiger partial charge in [0.25, 0.3) is 0 Å². The average Bonchev–Trinajstić information content (AvgIpc) is 2.90. The predicted molar refractivity (Wildman–Crippen MR) is 101 cm³/mol. The molecule has 0 unspecified atom stereocenters. The summed E-state index contributed by atoms with van der Waals surface area (Å²) in [5, 5.41) is 0. The maximum Gasteiger partial charge on any atom is 0.217 e. The van der Waals surface area contributed by atoms with Crippen molar-refractivity contribution in [2.75, 3.05) is 19.6 Å². The Labute approximate surface area is 154 Å². The van der Waals surface area contributed by atoms with Crippen LogP contribution in [0, 0.1) is 0 Å². The number of allylic oxidation sites excluding steroid dienone is 4. The summed E-state index contributed by atoms with van der Waals surface area (Å²) in [7, 11) is 0. The van der Waals surface area contributed by atoms with E-state index < -0.39 is 0 Å². The number of hydrogen-bond acceptors (Lipinski definition) is 4. The van der Waals surface area contributed by atoms with Crippen molar-refractivity contribution in [3.63, 3.8) is 0 Å². The Bertz CT molecular complexity index is 743. The highest BCUT2D eigenvalue weighted by atomic mass is 16.5. The van der Waals surface area contributed by atoms with Crippen LogP contribution in [0.1, 0.15) is 19.3 Å². The van der Waals surface area contributed by atoms with E-state index in [-0.39, 0.29) is 12.0 Å². The minimum Gasteiger partial charge on any atom is -0.489 e. The summed E-state index contributed by atoms with van der Waals surface area (Å²) in [6.07, 6.45) is 11.8. The maximum atomic E-state index is 10.8. The monoisotopic (exact) mass is 352 g/mol. The van der Waals surface area contributed by atoms with E-state index in [0.717, 1.165) is 49.7 Å². The summed E-state index contributed by atoms with van der Waals surface area (Å²) in [4.78, 5) is 13.1. The summed E-state index contributed by atoms with van der Waals surface area (Å²) in [5.74, 6) is 2.11. The largest absolute Gasteiger partial charge is 0.489 e. The van der Waals surface area contributed by atoms with Gasteiger partial charge in [-0.2, -0.15) is 0 Å². The minimum atomic E-state index is -0.235. The molecule has 2 N–H and O–H groups in total. The van der Waals surface area contributed by atoms with Gasteiger partial charge in [0.05, 0.1) is 0 Å². The van der Waals surface area contributed by atoms with Gasteiger partial charge < -0.3 is 15.2 Å². The molecule has 5 heteroatoms. The first-order chi connectivity index (χ1) is 12.7.